The minimum absolute atomic E-state index is 0.125. The molecule has 2 amide bonds. The zero-order valence-electron chi connectivity index (χ0n) is 15.9. The molecule has 3 heterocycles. The summed E-state index contributed by atoms with van der Waals surface area (Å²) in [6, 6.07) is 18.0. The van der Waals surface area contributed by atoms with Gasteiger partial charge in [0.1, 0.15) is 6.04 Å². The molecular weight excluding hydrogens is 366 g/mol. The minimum atomic E-state index is -0.263. The van der Waals surface area contributed by atoms with Gasteiger partial charge in [0.15, 0.2) is 0 Å². The van der Waals surface area contributed by atoms with Gasteiger partial charge in [-0.1, -0.05) is 60.2 Å². The Hall–Kier alpha value is -3.74. The van der Waals surface area contributed by atoms with Crippen molar-refractivity contribution < 1.29 is 9.59 Å². The van der Waals surface area contributed by atoms with E-state index in [4.69, 9.17) is 0 Å². The number of aromatic nitrogens is 3. The summed E-state index contributed by atoms with van der Waals surface area (Å²) in [5, 5.41) is 7.82. The van der Waals surface area contributed by atoms with Crippen LogP contribution in [0.15, 0.2) is 60.7 Å². The van der Waals surface area contributed by atoms with Crippen LogP contribution in [0, 0.1) is 6.92 Å². The fraction of sp³-hybridized carbons (Fsp3) is 0.182. The number of hydrogen-bond donors (Lipinski definition) is 1. The van der Waals surface area contributed by atoms with Crippen molar-refractivity contribution in [2.75, 3.05) is 10.2 Å². The zero-order chi connectivity index (χ0) is 20.0. The van der Waals surface area contributed by atoms with Crippen LogP contribution in [0.4, 0.5) is 11.9 Å². The number of fused-ring (bicyclic) bond motifs is 1. The Balaban J connectivity index is 1.61. The molecule has 1 fully saturated rings. The minimum Gasteiger partial charge on any atom is -0.324 e. The van der Waals surface area contributed by atoms with Gasteiger partial charge < -0.3 is 5.32 Å². The molecule has 2 aromatic carbocycles. The quantitative estimate of drug-likeness (QED) is 0.700. The van der Waals surface area contributed by atoms with Crippen molar-refractivity contribution in [3.05, 3.63) is 77.4 Å². The van der Waals surface area contributed by atoms with Gasteiger partial charge in [-0.05, 0) is 24.1 Å². The van der Waals surface area contributed by atoms with Crippen LogP contribution in [-0.2, 0) is 9.59 Å². The largest absolute Gasteiger partial charge is 0.324 e. The Morgan fingerprint density at radius 1 is 0.966 bits per heavy atom. The number of nitrogens with one attached hydrogen (secondary N) is 1. The molecule has 1 N–H and O–H groups in total. The predicted molar refractivity (Wildman–Crippen MR) is 109 cm³/mol. The molecule has 1 aromatic heterocycles. The molecule has 2 aliphatic rings. The van der Waals surface area contributed by atoms with Crippen molar-refractivity contribution >= 4 is 29.4 Å². The van der Waals surface area contributed by atoms with Crippen molar-refractivity contribution in [1.29, 1.82) is 0 Å². The number of carbonyl (C=O) groups excluding carboxylic acids is 2. The summed E-state index contributed by atoms with van der Waals surface area (Å²) in [6.07, 6.45) is 2.48. The number of benzene rings is 2. The Labute approximate surface area is 167 Å². The highest BCUT2D eigenvalue weighted by atomic mass is 16.2. The van der Waals surface area contributed by atoms with Crippen LogP contribution in [0.1, 0.15) is 35.6 Å². The SMILES string of the molecule is Cc1ccc(C2=C[C@H](c3ccccc3)n3nc(N4C(=O)CCC4=O)nc3N2)cc1. The van der Waals surface area contributed by atoms with E-state index in [2.05, 4.69) is 45.7 Å². The first kappa shape index (κ1) is 17.4. The molecule has 29 heavy (non-hydrogen) atoms. The summed E-state index contributed by atoms with van der Waals surface area (Å²) in [4.78, 5) is 29.9. The van der Waals surface area contributed by atoms with Crippen molar-refractivity contribution in [2.45, 2.75) is 25.8 Å². The highest BCUT2D eigenvalue weighted by molar-refractivity contribution is 6.18. The molecule has 144 valence electrons. The fourth-order valence-electron chi connectivity index (χ4n) is 3.67. The van der Waals surface area contributed by atoms with E-state index in [1.807, 2.05) is 37.3 Å². The van der Waals surface area contributed by atoms with E-state index in [1.165, 1.54) is 5.56 Å². The van der Waals surface area contributed by atoms with Gasteiger partial charge in [0.05, 0.1) is 0 Å². The molecule has 5 rings (SSSR count). The molecule has 7 nitrogen and oxygen atoms in total. The summed E-state index contributed by atoms with van der Waals surface area (Å²) < 4.78 is 1.72. The summed E-state index contributed by atoms with van der Waals surface area (Å²) in [6.45, 7) is 2.05. The van der Waals surface area contributed by atoms with Gasteiger partial charge in [-0.25, -0.2) is 9.58 Å². The van der Waals surface area contributed by atoms with E-state index in [0.717, 1.165) is 21.7 Å². The lowest BCUT2D eigenvalue weighted by Gasteiger charge is -2.24. The number of imide groups is 1. The van der Waals surface area contributed by atoms with Crippen LogP contribution in [0.3, 0.4) is 0 Å². The average Bonchev–Trinajstić information content (AvgIpc) is 3.30. The molecule has 0 radical (unpaired) electrons. The van der Waals surface area contributed by atoms with Gasteiger partial charge in [0.2, 0.25) is 17.8 Å². The second-order valence-corrected chi connectivity index (χ2v) is 7.23. The standard InChI is InChI=1S/C22H19N5O2/c1-14-7-9-15(10-8-14)17-13-18(16-5-3-2-4-6-16)27-21(23-17)24-22(25-27)26-19(28)11-12-20(26)29/h2-10,13,18H,11-12H2,1H3,(H,23,24,25)/t18-/m1/s1. The molecule has 0 spiro atoms. The average molecular weight is 385 g/mol. The summed E-state index contributed by atoms with van der Waals surface area (Å²) >= 11 is 0. The van der Waals surface area contributed by atoms with Gasteiger partial charge in [-0.2, -0.15) is 4.98 Å². The van der Waals surface area contributed by atoms with Crippen molar-refractivity contribution in [1.82, 2.24) is 14.8 Å². The number of allylic oxidation sites excluding steroid dienone is 1. The third-order valence-electron chi connectivity index (χ3n) is 5.21. The third kappa shape index (κ3) is 3.00. The van der Waals surface area contributed by atoms with E-state index in [9.17, 15) is 9.59 Å². The Kier molecular flexibility index (Phi) is 4.01. The lowest BCUT2D eigenvalue weighted by atomic mass is 10.0. The lowest BCUT2D eigenvalue weighted by molar-refractivity contribution is -0.121. The van der Waals surface area contributed by atoms with Crippen molar-refractivity contribution in [2.24, 2.45) is 0 Å². The normalized spacial score (nSPS) is 18.4. The highest BCUT2D eigenvalue weighted by Gasteiger charge is 2.35. The molecule has 2 aliphatic heterocycles. The Morgan fingerprint density at radius 3 is 2.34 bits per heavy atom. The Bertz CT molecular complexity index is 1120. The monoisotopic (exact) mass is 385 g/mol. The topological polar surface area (TPSA) is 80.1 Å². The predicted octanol–water partition coefficient (Wildman–Crippen LogP) is 3.30. The van der Waals surface area contributed by atoms with E-state index in [0.29, 0.717) is 5.95 Å². The molecule has 0 aliphatic carbocycles. The summed E-state index contributed by atoms with van der Waals surface area (Å²) in [5.41, 5.74) is 4.15. The van der Waals surface area contributed by atoms with E-state index >= 15 is 0 Å². The number of hydrogen-bond acceptors (Lipinski definition) is 5. The number of carbonyl (C=O) groups is 2. The van der Waals surface area contributed by atoms with Gasteiger partial charge in [-0.3, -0.25) is 9.59 Å². The first-order valence-corrected chi connectivity index (χ1v) is 9.53. The van der Waals surface area contributed by atoms with E-state index in [-0.39, 0.29) is 36.6 Å². The molecular formula is C22H19N5O2. The summed E-state index contributed by atoms with van der Waals surface area (Å²) in [7, 11) is 0. The van der Waals surface area contributed by atoms with Crippen molar-refractivity contribution in [3.63, 3.8) is 0 Å². The molecule has 0 saturated carbocycles. The Morgan fingerprint density at radius 2 is 1.66 bits per heavy atom. The first-order valence-electron chi connectivity index (χ1n) is 9.53. The van der Waals surface area contributed by atoms with Crippen LogP contribution >= 0.6 is 0 Å². The van der Waals surface area contributed by atoms with Crippen LogP contribution in [-0.4, -0.2) is 26.6 Å². The fourth-order valence-corrected chi connectivity index (χ4v) is 3.67. The molecule has 3 aromatic rings. The smallest absolute Gasteiger partial charge is 0.260 e. The third-order valence-corrected chi connectivity index (χ3v) is 5.21. The molecule has 0 unspecified atom stereocenters. The number of nitrogens with zero attached hydrogens (tertiary/aromatic N) is 4. The molecule has 1 atom stereocenters. The van der Waals surface area contributed by atoms with Crippen LogP contribution < -0.4 is 10.2 Å². The van der Waals surface area contributed by atoms with E-state index < -0.39 is 0 Å². The molecule has 1 saturated heterocycles. The van der Waals surface area contributed by atoms with Crippen LogP contribution in [0.25, 0.3) is 5.70 Å². The zero-order valence-corrected chi connectivity index (χ0v) is 15.9. The molecule has 7 heteroatoms. The van der Waals surface area contributed by atoms with Gasteiger partial charge >= 0.3 is 0 Å². The maximum Gasteiger partial charge on any atom is 0.260 e. The number of rotatable bonds is 3. The maximum atomic E-state index is 12.1. The maximum absolute atomic E-state index is 12.1. The van der Waals surface area contributed by atoms with Crippen molar-refractivity contribution in [3.8, 4) is 0 Å². The van der Waals surface area contributed by atoms with Gasteiger partial charge in [0.25, 0.3) is 5.95 Å². The van der Waals surface area contributed by atoms with E-state index in [1.54, 1.807) is 4.68 Å². The van der Waals surface area contributed by atoms with Crippen LogP contribution in [0.2, 0.25) is 0 Å². The molecule has 0 bridgehead atoms. The number of amides is 2. The van der Waals surface area contributed by atoms with Gasteiger partial charge in [-0.15, -0.1) is 5.10 Å². The number of aryl methyl sites for hydroxylation is 1. The first-order chi connectivity index (χ1) is 14.1. The van der Waals surface area contributed by atoms with Gasteiger partial charge in [0, 0.05) is 18.5 Å². The lowest BCUT2D eigenvalue weighted by Crippen LogP contribution is -2.29. The second-order valence-electron chi connectivity index (χ2n) is 7.23. The second kappa shape index (κ2) is 6.70. The highest BCUT2D eigenvalue weighted by Crippen LogP contribution is 2.34. The number of anilines is 2. The van der Waals surface area contributed by atoms with Crippen LogP contribution in [0.5, 0.6) is 0 Å². The summed E-state index contributed by atoms with van der Waals surface area (Å²) in [5.74, 6) is 0.0979.